The van der Waals surface area contributed by atoms with Crippen LogP contribution in [0.1, 0.15) is 26.3 Å². The third-order valence-corrected chi connectivity index (χ3v) is 4.08. The summed E-state index contributed by atoms with van der Waals surface area (Å²) in [5, 5.41) is 9.79. The largest absolute Gasteiger partial charge is 0.479 e. The molecule has 1 aromatic carbocycles. The molecule has 2 heterocycles. The van der Waals surface area contributed by atoms with E-state index >= 15 is 0 Å². The molecule has 2 fully saturated rings. The molecule has 1 aromatic rings. The molecule has 0 aromatic heterocycles. The molecule has 6 nitrogen and oxygen atoms in total. The van der Waals surface area contributed by atoms with Gasteiger partial charge in [-0.25, -0.2) is 4.79 Å². The summed E-state index contributed by atoms with van der Waals surface area (Å²) >= 11 is 0. The molecule has 0 unspecified atom stereocenters. The molecule has 3 rings (SSSR count). The van der Waals surface area contributed by atoms with Gasteiger partial charge in [-0.2, -0.15) is 0 Å². The molecule has 22 heavy (non-hydrogen) atoms. The minimum Gasteiger partial charge on any atom is -0.479 e. The molecule has 2 aliphatic heterocycles. The van der Waals surface area contributed by atoms with Crippen molar-refractivity contribution in [3.8, 4) is 0 Å². The van der Waals surface area contributed by atoms with Crippen LogP contribution in [-0.4, -0.2) is 41.0 Å². The van der Waals surface area contributed by atoms with Crippen molar-refractivity contribution >= 4 is 5.97 Å². The Morgan fingerprint density at radius 2 is 1.95 bits per heavy atom. The Labute approximate surface area is 128 Å². The molecule has 4 atom stereocenters. The Kier molecular flexibility index (Phi) is 3.72. The van der Waals surface area contributed by atoms with Crippen molar-refractivity contribution in [2.24, 2.45) is 0 Å². The van der Waals surface area contributed by atoms with Crippen molar-refractivity contribution < 1.29 is 28.8 Å². The fourth-order valence-electron chi connectivity index (χ4n) is 2.99. The minimum absolute atomic E-state index is 0.161. The van der Waals surface area contributed by atoms with E-state index in [0.717, 1.165) is 5.56 Å². The lowest BCUT2D eigenvalue weighted by atomic mass is 9.93. The number of carboxylic acid groups (broad SMARTS) is 1. The number of ether oxygens (including phenoxy) is 4. The molecule has 0 radical (unpaired) electrons. The Morgan fingerprint density at radius 3 is 2.59 bits per heavy atom. The Bertz CT molecular complexity index is 557. The van der Waals surface area contributed by atoms with Crippen LogP contribution in [0.25, 0.3) is 0 Å². The number of rotatable bonds is 4. The van der Waals surface area contributed by atoms with E-state index in [2.05, 4.69) is 0 Å². The first-order chi connectivity index (χ1) is 10.3. The summed E-state index contributed by atoms with van der Waals surface area (Å²) in [5.74, 6) is -2.00. The molecular weight excluding hydrogens is 288 g/mol. The van der Waals surface area contributed by atoms with Gasteiger partial charge in [0.1, 0.15) is 6.10 Å². The molecule has 0 saturated carbocycles. The molecule has 120 valence electrons. The van der Waals surface area contributed by atoms with Gasteiger partial charge < -0.3 is 24.1 Å². The molecule has 2 aliphatic rings. The molecule has 6 heteroatoms. The lowest BCUT2D eigenvalue weighted by molar-refractivity contribution is -0.238. The fourth-order valence-corrected chi connectivity index (χ4v) is 2.99. The molecule has 0 aliphatic carbocycles. The van der Waals surface area contributed by atoms with Gasteiger partial charge in [0.05, 0.1) is 6.61 Å². The van der Waals surface area contributed by atoms with Crippen molar-refractivity contribution in [1.82, 2.24) is 0 Å². The van der Waals surface area contributed by atoms with Gasteiger partial charge in [-0.15, -0.1) is 0 Å². The Balaban J connectivity index is 1.86. The second kappa shape index (κ2) is 5.31. The standard InChI is InChI=1S/C16H20O6/c1-10-16(14(17)18,19-9-11-7-5-4-6-8-11)12-13(20-10)22-15(2,3)21-12/h4-8,10,12-13H,9H2,1-3H3,(H,17,18)/t10-,12+,13-,16+/m0/s1. The maximum absolute atomic E-state index is 12.0. The number of fused-ring (bicyclic) bond motifs is 1. The summed E-state index contributed by atoms with van der Waals surface area (Å²) in [5.41, 5.74) is -0.703. The first-order valence-electron chi connectivity index (χ1n) is 7.27. The Morgan fingerprint density at radius 1 is 1.27 bits per heavy atom. The average Bonchev–Trinajstić information content (AvgIpc) is 2.87. The maximum atomic E-state index is 12.0. The lowest BCUT2D eigenvalue weighted by Gasteiger charge is -2.33. The summed E-state index contributed by atoms with van der Waals surface area (Å²) in [6.07, 6.45) is -2.23. The van der Waals surface area contributed by atoms with Gasteiger partial charge >= 0.3 is 5.97 Å². The molecule has 2 saturated heterocycles. The van der Waals surface area contributed by atoms with E-state index in [1.165, 1.54) is 0 Å². The van der Waals surface area contributed by atoms with E-state index in [0.29, 0.717) is 0 Å². The van der Waals surface area contributed by atoms with Gasteiger partial charge in [0.2, 0.25) is 5.60 Å². The van der Waals surface area contributed by atoms with E-state index in [4.69, 9.17) is 18.9 Å². The monoisotopic (exact) mass is 308 g/mol. The molecule has 1 N–H and O–H groups in total. The molecule has 0 amide bonds. The highest BCUT2D eigenvalue weighted by atomic mass is 16.8. The van der Waals surface area contributed by atoms with Gasteiger partial charge in [-0.05, 0) is 26.3 Å². The number of carboxylic acids is 1. The summed E-state index contributed by atoms with van der Waals surface area (Å²) in [7, 11) is 0. The lowest BCUT2D eigenvalue weighted by Crippen LogP contribution is -2.56. The zero-order chi connectivity index (χ0) is 16.0. The first-order valence-corrected chi connectivity index (χ1v) is 7.27. The predicted molar refractivity (Wildman–Crippen MR) is 76.0 cm³/mol. The summed E-state index contributed by atoms with van der Waals surface area (Å²) in [6.45, 7) is 5.28. The predicted octanol–water partition coefficient (Wildman–Crippen LogP) is 1.92. The second-order valence-electron chi connectivity index (χ2n) is 6.08. The highest BCUT2D eigenvalue weighted by Crippen LogP contribution is 2.45. The van der Waals surface area contributed by atoms with E-state index < -0.39 is 35.9 Å². The topological polar surface area (TPSA) is 74.2 Å². The fraction of sp³-hybridized carbons (Fsp3) is 0.562. The van der Waals surface area contributed by atoms with Crippen LogP contribution in [0.3, 0.4) is 0 Å². The van der Waals surface area contributed by atoms with Crippen molar-refractivity contribution in [3.63, 3.8) is 0 Å². The van der Waals surface area contributed by atoms with Crippen molar-refractivity contribution in [3.05, 3.63) is 35.9 Å². The number of benzene rings is 1. The number of carbonyl (C=O) groups is 1. The molecular formula is C16H20O6. The van der Waals surface area contributed by atoms with Gasteiger partial charge in [0, 0.05) is 0 Å². The van der Waals surface area contributed by atoms with Crippen LogP contribution < -0.4 is 0 Å². The van der Waals surface area contributed by atoms with Crippen LogP contribution in [0.2, 0.25) is 0 Å². The summed E-state index contributed by atoms with van der Waals surface area (Å²) in [4.78, 5) is 12.0. The van der Waals surface area contributed by atoms with E-state index in [1.54, 1.807) is 20.8 Å². The third kappa shape index (κ3) is 2.42. The van der Waals surface area contributed by atoms with Crippen molar-refractivity contribution in [2.75, 3.05) is 0 Å². The van der Waals surface area contributed by atoms with Gasteiger partial charge in [-0.1, -0.05) is 30.3 Å². The van der Waals surface area contributed by atoms with Crippen LogP contribution >= 0.6 is 0 Å². The van der Waals surface area contributed by atoms with Crippen LogP contribution in [-0.2, 0) is 30.3 Å². The van der Waals surface area contributed by atoms with Crippen LogP contribution in [0, 0.1) is 0 Å². The molecule has 0 bridgehead atoms. The second-order valence-corrected chi connectivity index (χ2v) is 6.08. The molecule has 0 spiro atoms. The van der Waals surface area contributed by atoms with Gasteiger partial charge in [0.15, 0.2) is 18.2 Å². The SMILES string of the molecule is C[C@@H]1O[C@H]2OC(C)(C)O[C@H]2[C@@]1(OCc1ccccc1)C(=O)O. The highest BCUT2D eigenvalue weighted by Gasteiger charge is 2.67. The van der Waals surface area contributed by atoms with Gasteiger partial charge in [-0.3, -0.25) is 0 Å². The van der Waals surface area contributed by atoms with Gasteiger partial charge in [0.25, 0.3) is 0 Å². The number of aliphatic carboxylic acids is 1. The zero-order valence-corrected chi connectivity index (χ0v) is 12.8. The first kappa shape index (κ1) is 15.4. The minimum atomic E-state index is -1.59. The number of hydrogen-bond donors (Lipinski definition) is 1. The van der Waals surface area contributed by atoms with Crippen LogP contribution in [0.4, 0.5) is 0 Å². The smallest absolute Gasteiger partial charge is 0.341 e. The quantitative estimate of drug-likeness (QED) is 0.916. The summed E-state index contributed by atoms with van der Waals surface area (Å²) < 4.78 is 22.8. The maximum Gasteiger partial charge on any atom is 0.341 e. The van der Waals surface area contributed by atoms with Crippen LogP contribution in [0.15, 0.2) is 30.3 Å². The number of hydrogen-bond acceptors (Lipinski definition) is 5. The van der Waals surface area contributed by atoms with E-state index in [9.17, 15) is 9.90 Å². The van der Waals surface area contributed by atoms with E-state index in [1.807, 2.05) is 30.3 Å². The zero-order valence-electron chi connectivity index (χ0n) is 12.8. The van der Waals surface area contributed by atoms with Crippen LogP contribution in [0.5, 0.6) is 0 Å². The average molecular weight is 308 g/mol. The highest BCUT2D eigenvalue weighted by molar-refractivity contribution is 5.80. The van der Waals surface area contributed by atoms with Crippen molar-refractivity contribution in [1.29, 1.82) is 0 Å². The normalized spacial score (nSPS) is 36.2. The summed E-state index contributed by atoms with van der Waals surface area (Å²) in [6, 6.07) is 9.40. The Hall–Kier alpha value is -1.47. The third-order valence-electron chi connectivity index (χ3n) is 4.08. The van der Waals surface area contributed by atoms with E-state index in [-0.39, 0.29) is 6.61 Å². The van der Waals surface area contributed by atoms with Crippen molar-refractivity contribution in [2.45, 2.75) is 57.3 Å².